The normalized spacial score (nSPS) is 21.9. The third-order valence-electron chi connectivity index (χ3n) is 8.93. The van der Waals surface area contributed by atoms with Gasteiger partial charge in [0.2, 0.25) is 11.6 Å². The molecule has 0 bridgehead atoms. The van der Waals surface area contributed by atoms with Gasteiger partial charge in [0.25, 0.3) is 0 Å². The number of benzene rings is 3. The van der Waals surface area contributed by atoms with Crippen LogP contribution in [0.1, 0.15) is 54.0 Å². The third kappa shape index (κ3) is 5.45. The number of hydrogen-bond donors (Lipinski definition) is 0. The molecule has 1 saturated heterocycles. The number of fused-ring (bicyclic) bond motifs is 3. The minimum atomic E-state index is -5.08. The maximum atomic E-state index is 14.9. The van der Waals surface area contributed by atoms with Crippen LogP contribution >= 0.6 is 0 Å². The summed E-state index contributed by atoms with van der Waals surface area (Å²) in [6, 6.07) is 16.0. The van der Waals surface area contributed by atoms with Gasteiger partial charge in [0.05, 0.1) is 10.6 Å². The molecule has 1 heterocycles. The number of hydrogen-bond acceptors (Lipinski definition) is 3. The predicted molar refractivity (Wildman–Crippen MR) is 149 cm³/mol. The molecule has 1 aliphatic carbocycles. The first-order valence-electron chi connectivity index (χ1n) is 13.9. The van der Waals surface area contributed by atoms with Crippen molar-refractivity contribution in [3.8, 4) is 0 Å². The predicted octanol–water partition coefficient (Wildman–Crippen LogP) is 6.77. The maximum Gasteiger partial charge on any atom is 0.426 e. The van der Waals surface area contributed by atoms with E-state index in [2.05, 4.69) is 0 Å². The number of alkyl halides is 4. The van der Waals surface area contributed by atoms with E-state index < -0.39 is 38.5 Å². The smallest absolute Gasteiger partial charge is 0.339 e. The summed E-state index contributed by atoms with van der Waals surface area (Å²) in [4.78, 5) is 15.4. The van der Waals surface area contributed by atoms with Gasteiger partial charge in [-0.25, -0.2) is 17.2 Å². The standard InChI is InChI=1S/C32H32F5NO3S/c1-21-3-11-26(12-4-21)42(40,41)18-15-29(39)38-17-16-31(20-22-5-9-25(33)10-6-22)27-13-8-24(30(2,34)32(35,36)37)19-23(27)7-14-28(31)38/h3-6,8-13,19,28H,7,14-18,20H2,1-2H3/t28-,30?,31-/m1/s1. The molecular weight excluding hydrogens is 573 g/mol. The Morgan fingerprint density at radius 2 is 1.67 bits per heavy atom. The van der Waals surface area contributed by atoms with Gasteiger partial charge >= 0.3 is 6.18 Å². The summed E-state index contributed by atoms with van der Waals surface area (Å²) in [6.45, 7) is 2.69. The molecule has 1 fully saturated rings. The largest absolute Gasteiger partial charge is 0.426 e. The van der Waals surface area contributed by atoms with Gasteiger partial charge in [0, 0.05) is 24.4 Å². The number of amides is 1. The lowest BCUT2D eigenvalue weighted by Gasteiger charge is -2.44. The van der Waals surface area contributed by atoms with Gasteiger partial charge < -0.3 is 4.90 Å². The molecule has 3 atom stereocenters. The highest BCUT2D eigenvalue weighted by atomic mass is 32.2. The summed E-state index contributed by atoms with van der Waals surface area (Å²) in [5, 5.41) is 0. The van der Waals surface area contributed by atoms with Crippen LogP contribution in [0.25, 0.3) is 0 Å². The second kappa shape index (κ2) is 10.8. The minimum Gasteiger partial charge on any atom is -0.339 e. The Morgan fingerprint density at radius 1 is 1.00 bits per heavy atom. The number of carbonyl (C=O) groups is 1. The molecule has 3 aromatic carbocycles. The summed E-state index contributed by atoms with van der Waals surface area (Å²) in [6.07, 6.45) is -3.68. The van der Waals surface area contributed by atoms with Crippen LogP contribution in [0.2, 0.25) is 0 Å². The fraction of sp³-hybridized carbons (Fsp3) is 0.406. The Hall–Kier alpha value is -3.27. The van der Waals surface area contributed by atoms with Crippen LogP contribution in [-0.4, -0.2) is 43.7 Å². The minimum absolute atomic E-state index is 0.147. The molecular formula is C32H32F5NO3S. The van der Waals surface area contributed by atoms with Crippen molar-refractivity contribution >= 4 is 15.7 Å². The first-order chi connectivity index (χ1) is 19.6. The molecule has 0 aromatic heterocycles. The van der Waals surface area contributed by atoms with E-state index in [-0.39, 0.29) is 29.0 Å². The van der Waals surface area contributed by atoms with Gasteiger partial charge in [-0.3, -0.25) is 4.79 Å². The van der Waals surface area contributed by atoms with Gasteiger partial charge in [-0.05, 0) is 86.1 Å². The summed E-state index contributed by atoms with van der Waals surface area (Å²) in [5.41, 5.74) is -1.66. The zero-order valence-corrected chi connectivity index (χ0v) is 24.2. The maximum absolute atomic E-state index is 14.9. The van der Waals surface area contributed by atoms with Crippen molar-refractivity contribution in [2.24, 2.45) is 0 Å². The van der Waals surface area contributed by atoms with Crippen LogP contribution in [0.4, 0.5) is 22.0 Å². The summed E-state index contributed by atoms with van der Waals surface area (Å²) < 4.78 is 94.9. The lowest BCUT2D eigenvalue weighted by Crippen LogP contribution is -2.49. The number of nitrogens with zero attached hydrogens (tertiary/aromatic N) is 1. The molecule has 4 nitrogen and oxygen atoms in total. The molecule has 224 valence electrons. The molecule has 3 aromatic rings. The summed E-state index contributed by atoms with van der Waals surface area (Å²) in [5.74, 6) is -1.07. The highest BCUT2D eigenvalue weighted by Crippen LogP contribution is 2.51. The quantitative estimate of drug-likeness (QED) is 0.279. The van der Waals surface area contributed by atoms with E-state index in [0.29, 0.717) is 44.7 Å². The Kier molecular flexibility index (Phi) is 7.75. The SMILES string of the molecule is Cc1ccc(S(=O)(=O)CCC(=O)N2CC[C@@]3(Cc4ccc(F)cc4)c4ccc(C(C)(F)C(F)(F)F)cc4CC[C@@H]23)cc1. The summed E-state index contributed by atoms with van der Waals surface area (Å²) in [7, 11) is -3.69. The average molecular weight is 606 g/mol. The van der Waals surface area contributed by atoms with E-state index in [1.807, 2.05) is 6.92 Å². The first kappa shape index (κ1) is 30.2. The molecule has 0 saturated carbocycles. The number of rotatable bonds is 7. The molecule has 0 radical (unpaired) electrons. The molecule has 42 heavy (non-hydrogen) atoms. The highest BCUT2D eigenvalue weighted by molar-refractivity contribution is 7.91. The van der Waals surface area contributed by atoms with Crippen molar-refractivity contribution in [1.82, 2.24) is 4.90 Å². The van der Waals surface area contributed by atoms with Crippen molar-refractivity contribution in [3.05, 3.63) is 100 Å². The summed E-state index contributed by atoms with van der Waals surface area (Å²) >= 11 is 0. The Morgan fingerprint density at radius 3 is 2.31 bits per heavy atom. The van der Waals surface area contributed by atoms with Gasteiger partial charge in [-0.1, -0.05) is 48.0 Å². The zero-order valence-electron chi connectivity index (χ0n) is 23.3. The topological polar surface area (TPSA) is 54.5 Å². The van der Waals surface area contributed by atoms with Gasteiger partial charge in [0.15, 0.2) is 9.84 Å². The molecule has 1 aliphatic heterocycles. The van der Waals surface area contributed by atoms with Crippen molar-refractivity contribution < 1.29 is 35.2 Å². The number of carbonyl (C=O) groups excluding carboxylic acids is 1. The fourth-order valence-electron chi connectivity index (χ4n) is 6.52. The molecule has 0 N–H and O–H groups in total. The number of aryl methyl sites for hydroxylation is 2. The molecule has 2 aliphatic rings. The molecule has 1 unspecified atom stereocenters. The molecule has 0 spiro atoms. The first-order valence-corrected chi connectivity index (χ1v) is 15.5. The van der Waals surface area contributed by atoms with Crippen molar-refractivity contribution in [2.75, 3.05) is 12.3 Å². The van der Waals surface area contributed by atoms with E-state index >= 15 is 0 Å². The van der Waals surface area contributed by atoms with Crippen LogP contribution < -0.4 is 0 Å². The van der Waals surface area contributed by atoms with Crippen LogP contribution in [0.15, 0.2) is 71.6 Å². The van der Waals surface area contributed by atoms with Crippen LogP contribution in [0, 0.1) is 12.7 Å². The van der Waals surface area contributed by atoms with Crippen molar-refractivity contribution in [1.29, 1.82) is 0 Å². The molecule has 1 amide bonds. The lowest BCUT2D eigenvalue weighted by atomic mass is 9.63. The highest BCUT2D eigenvalue weighted by Gasteiger charge is 2.55. The molecule has 5 rings (SSSR count). The Labute approximate surface area is 242 Å². The number of sulfone groups is 1. The van der Waals surface area contributed by atoms with E-state index in [1.54, 1.807) is 35.2 Å². The van der Waals surface area contributed by atoms with Gasteiger partial charge in [-0.15, -0.1) is 0 Å². The van der Waals surface area contributed by atoms with Crippen LogP contribution in [0.5, 0.6) is 0 Å². The lowest BCUT2D eigenvalue weighted by molar-refractivity contribution is -0.228. The fourth-order valence-corrected chi connectivity index (χ4v) is 7.75. The van der Waals surface area contributed by atoms with E-state index in [0.717, 1.165) is 16.7 Å². The number of halogens is 5. The van der Waals surface area contributed by atoms with Crippen molar-refractivity contribution in [2.45, 2.75) is 74.1 Å². The average Bonchev–Trinajstić information content (AvgIpc) is 3.32. The van der Waals surface area contributed by atoms with Gasteiger partial charge in [0.1, 0.15) is 5.82 Å². The second-order valence-corrected chi connectivity index (χ2v) is 13.7. The monoisotopic (exact) mass is 605 g/mol. The Bertz CT molecular complexity index is 1580. The third-order valence-corrected chi connectivity index (χ3v) is 10.7. The van der Waals surface area contributed by atoms with Crippen LogP contribution in [-0.2, 0) is 38.6 Å². The van der Waals surface area contributed by atoms with E-state index in [4.69, 9.17) is 0 Å². The van der Waals surface area contributed by atoms with Gasteiger partial charge in [-0.2, -0.15) is 13.2 Å². The van der Waals surface area contributed by atoms with Crippen molar-refractivity contribution in [3.63, 3.8) is 0 Å². The molecule has 10 heteroatoms. The number of likely N-dealkylation sites (tertiary alicyclic amines) is 1. The Balaban J connectivity index is 1.46. The van der Waals surface area contributed by atoms with E-state index in [9.17, 15) is 35.2 Å². The second-order valence-electron chi connectivity index (χ2n) is 11.6. The van der Waals surface area contributed by atoms with E-state index in [1.165, 1.54) is 36.4 Å². The van der Waals surface area contributed by atoms with Crippen LogP contribution in [0.3, 0.4) is 0 Å². The zero-order chi connectivity index (χ0) is 30.5.